The van der Waals surface area contributed by atoms with Crippen LogP contribution in [-0.2, 0) is 0 Å². The Balaban J connectivity index is 3.37. The highest BCUT2D eigenvalue weighted by molar-refractivity contribution is 4.86. The summed E-state index contributed by atoms with van der Waals surface area (Å²) in [6.07, 6.45) is 5.01. The van der Waals surface area contributed by atoms with Crippen molar-refractivity contribution in [2.24, 2.45) is 10.6 Å². The summed E-state index contributed by atoms with van der Waals surface area (Å²) < 4.78 is 0. The van der Waals surface area contributed by atoms with Gasteiger partial charge in [-0.2, -0.15) is 4.91 Å². The molecule has 0 aliphatic heterocycles. The van der Waals surface area contributed by atoms with E-state index in [1.165, 1.54) is 0 Å². The molecule has 0 saturated heterocycles. The van der Waals surface area contributed by atoms with Gasteiger partial charge in [0.2, 0.25) is 0 Å². The molecule has 0 aromatic rings. The zero-order valence-electron chi connectivity index (χ0n) is 7.47. The summed E-state index contributed by atoms with van der Waals surface area (Å²) in [7, 11) is 0. The van der Waals surface area contributed by atoms with Crippen LogP contribution in [0.4, 0.5) is 0 Å². The molecular weight excluding hydrogens is 138 g/mol. The molecule has 2 nitrogen and oxygen atoms in total. The standard InChI is InChI=1S/C9H17NO/c1-4-9(2,3)7-5-6-8-10-11/h4H,1,5-8H2,2-3H3. The van der Waals surface area contributed by atoms with Crippen LogP contribution in [0.15, 0.2) is 17.8 Å². The fraction of sp³-hybridized carbons (Fsp3) is 0.778. The molecule has 0 aliphatic rings. The molecule has 0 rings (SSSR count). The number of allylic oxidation sites excluding steroid dienone is 1. The quantitative estimate of drug-likeness (QED) is 0.329. The van der Waals surface area contributed by atoms with Gasteiger partial charge in [-0.05, 0) is 18.3 Å². The van der Waals surface area contributed by atoms with E-state index < -0.39 is 0 Å². The molecule has 0 aliphatic carbocycles. The molecule has 0 saturated carbocycles. The van der Waals surface area contributed by atoms with Crippen LogP contribution in [0.2, 0.25) is 0 Å². The Bertz CT molecular complexity index is 130. The van der Waals surface area contributed by atoms with E-state index in [4.69, 9.17) is 0 Å². The van der Waals surface area contributed by atoms with Gasteiger partial charge in [0.15, 0.2) is 0 Å². The second-order valence-electron chi connectivity index (χ2n) is 3.50. The molecule has 0 radical (unpaired) electrons. The highest BCUT2D eigenvalue weighted by atomic mass is 16.3. The highest BCUT2D eigenvalue weighted by Gasteiger charge is 2.11. The number of nitrogens with zero attached hydrogens (tertiary/aromatic N) is 1. The molecule has 0 aromatic carbocycles. The zero-order valence-corrected chi connectivity index (χ0v) is 7.47. The van der Waals surface area contributed by atoms with Gasteiger partial charge in [0.1, 0.15) is 0 Å². The summed E-state index contributed by atoms with van der Waals surface area (Å²) >= 11 is 0. The van der Waals surface area contributed by atoms with E-state index >= 15 is 0 Å². The summed E-state index contributed by atoms with van der Waals surface area (Å²) in [4.78, 5) is 9.73. The van der Waals surface area contributed by atoms with E-state index in [1.54, 1.807) is 0 Å². The van der Waals surface area contributed by atoms with Gasteiger partial charge in [0, 0.05) is 0 Å². The molecular formula is C9H17NO. The smallest absolute Gasteiger partial charge is 0.0811 e. The fourth-order valence-electron chi connectivity index (χ4n) is 0.859. The largest absolute Gasteiger partial charge is 0.151 e. The number of rotatable bonds is 6. The first-order valence-electron chi connectivity index (χ1n) is 4.05. The topological polar surface area (TPSA) is 29.4 Å². The maximum absolute atomic E-state index is 9.73. The minimum absolute atomic E-state index is 0.211. The van der Waals surface area contributed by atoms with Crippen LogP contribution in [0.1, 0.15) is 33.1 Å². The molecule has 0 bridgehead atoms. The number of hydrogen-bond donors (Lipinski definition) is 0. The lowest BCUT2D eigenvalue weighted by Gasteiger charge is -2.18. The summed E-state index contributed by atoms with van der Waals surface area (Å²) in [5.74, 6) is 0. The SMILES string of the molecule is C=CC(C)(C)CCCCN=O. The number of hydrogen-bond acceptors (Lipinski definition) is 2. The van der Waals surface area contributed by atoms with E-state index in [9.17, 15) is 4.91 Å². The van der Waals surface area contributed by atoms with Crippen molar-refractivity contribution in [2.75, 3.05) is 6.54 Å². The van der Waals surface area contributed by atoms with Crippen LogP contribution in [0.3, 0.4) is 0 Å². The summed E-state index contributed by atoms with van der Waals surface area (Å²) in [5, 5.41) is 2.81. The van der Waals surface area contributed by atoms with Crippen molar-refractivity contribution < 1.29 is 0 Å². The Kier molecular flexibility index (Phi) is 4.75. The second-order valence-corrected chi connectivity index (χ2v) is 3.50. The molecule has 0 unspecified atom stereocenters. The van der Waals surface area contributed by atoms with Crippen molar-refractivity contribution in [1.29, 1.82) is 0 Å². The van der Waals surface area contributed by atoms with Crippen LogP contribution < -0.4 is 0 Å². The van der Waals surface area contributed by atoms with Crippen molar-refractivity contribution in [2.45, 2.75) is 33.1 Å². The predicted molar refractivity (Wildman–Crippen MR) is 48.5 cm³/mol. The third-order valence-corrected chi connectivity index (χ3v) is 1.87. The average Bonchev–Trinajstić information content (AvgIpc) is 1.99. The molecule has 0 amide bonds. The Hall–Kier alpha value is -0.660. The monoisotopic (exact) mass is 155 g/mol. The minimum atomic E-state index is 0.211. The first kappa shape index (κ1) is 10.3. The van der Waals surface area contributed by atoms with Gasteiger partial charge in [0.05, 0.1) is 6.54 Å². The van der Waals surface area contributed by atoms with E-state index in [0.29, 0.717) is 6.54 Å². The van der Waals surface area contributed by atoms with Crippen molar-refractivity contribution in [3.8, 4) is 0 Å². The van der Waals surface area contributed by atoms with Crippen LogP contribution in [0.25, 0.3) is 0 Å². The van der Waals surface area contributed by atoms with E-state index in [0.717, 1.165) is 19.3 Å². The third kappa shape index (κ3) is 5.77. The van der Waals surface area contributed by atoms with Gasteiger partial charge in [-0.25, -0.2) is 0 Å². The zero-order chi connectivity index (χ0) is 8.74. The maximum atomic E-state index is 9.73. The van der Waals surface area contributed by atoms with Gasteiger partial charge in [-0.1, -0.05) is 31.5 Å². The molecule has 0 atom stereocenters. The van der Waals surface area contributed by atoms with Crippen LogP contribution in [-0.4, -0.2) is 6.54 Å². The summed E-state index contributed by atoms with van der Waals surface area (Å²) in [6.45, 7) is 8.49. The first-order valence-corrected chi connectivity index (χ1v) is 4.05. The maximum Gasteiger partial charge on any atom is 0.0811 e. The molecule has 0 spiro atoms. The van der Waals surface area contributed by atoms with Crippen LogP contribution in [0.5, 0.6) is 0 Å². The van der Waals surface area contributed by atoms with E-state index in [2.05, 4.69) is 25.6 Å². The molecule has 0 fully saturated rings. The highest BCUT2D eigenvalue weighted by Crippen LogP contribution is 2.23. The summed E-state index contributed by atoms with van der Waals surface area (Å²) in [6, 6.07) is 0. The Morgan fingerprint density at radius 3 is 2.55 bits per heavy atom. The first-order chi connectivity index (χ1) is 5.12. The number of nitroso groups, excluding NO2 is 1. The summed E-state index contributed by atoms with van der Waals surface area (Å²) in [5.41, 5.74) is 0.211. The van der Waals surface area contributed by atoms with Gasteiger partial charge in [0.25, 0.3) is 0 Å². The lowest BCUT2D eigenvalue weighted by molar-refractivity contribution is 0.417. The van der Waals surface area contributed by atoms with Crippen LogP contribution in [0, 0.1) is 10.3 Å². The van der Waals surface area contributed by atoms with Crippen molar-refractivity contribution in [1.82, 2.24) is 0 Å². The lowest BCUT2D eigenvalue weighted by Crippen LogP contribution is -2.06. The fourth-order valence-corrected chi connectivity index (χ4v) is 0.859. The molecule has 11 heavy (non-hydrogen) atoms. The lowest BCUT2D eigenvalue weighted by atomic mass is 9.87. The molecule has 0 N–H and O–H groups in total. The Morgan fingerprint density at radius 2 is 2.09 bits per heavy atom. The second kappa shape index (κ2) is 5.05. The third-order valence-electron chi connectivity index (χ3n) is 1.87. The van der Waals surface area contributed by atoms with Crippen molar-refractivity contribution in [3.63, 3.8) is 0 Å². The normalized spacial score (nSPS) is 11.1. The van der Waals surface area contributed by atoms with Gasteiger partial charge in [-0.3, -0.25) is 0 Å². The van der Waals surface area contributed by atoms with Crippen molar-refractivity contribution >= 4 is 0 Å². The molecule has 64 valence electrons. The van der Waals surface area contributed by atoms with Gasteiger partial charge >= 0.3 is 0 Å². The molecule has 2 heteroatoms. The van der Waals surface area contributed by atoms with E-state index in [1.807, 2.05) is 6.08 Å². The average molecular weight is 155 g/mol. The van der Waals surface area contributed by atoms with Crippen molar-refractivity contribution in [3.05, 3.63) is 17.6 Å². The van der Waals surface area contributed by atoms with Gasteiger partial charge < -0.3 is 0 Å². The molecule has 0 heterocycles. The predicted octanol–water partition coefficient (Wildman–Crippen LogP) is 3.14. The number of unbranched alkanes of at least 4 members (excludes halogenated alkanes) is 1. The van der Waals surface area contributed by atoms with E-state index in [-0.39, 0.29) is 5.41 Å². The van der Waals surface area contributed by atoms with Crippen LogP contribution >= 0.6 is 0 Å². The van der Waals surface area contributed by atoms with Gasteiger partial charge in [-0.15, -0.1) is 6.58 Å². The minimum Gasteiger partial charge on any atom is -0.151 e. The Morgan fingerprint density at radius 1 is 1.45 bits per heavy atom. The Labute approximate surface area is 68.7 Å². The molecule has 0 aromatic heterocycles.